The lowest BCUT2D eigenvalue weighted by Gasteiger charge is -2.36. The number of anilines is 1. The van der Waals surface area contributed by atoms with Crippen molar-refractivity contribution < 1.29 is 8.42 Å². The molecule has 1 aliphatic heterocycles. The number of aryl methyl sites for hydroxylation is 3. The zero-order valence-corrected chi connectivity index (χ0v) is 15.3. The fourth-order valence-corrected chi connectivity index (χ4v) is 4.96. The summed E-state index contributed by atoms with van der Waals surface area (Å²) in [6.07, 6.45) is 0. The summed E-state index contributed by atoms with van der Waals surface area (Å²) >= 11 is 0. The Morgan fingerprint density at radius 2 is 1.50 bits per heavy atom. The Morgan fingerprint density at radius 3 is 2.12 bits per heavy atom. The van der Waals surface area contributed by atoms with Gasteiger partial charge >= 0.3 is 0 Å². The predicted octanol–water partition coefficient (Wildman–Crippen LogP) is 3.12. The van der Waals surface area contributed by atoms with Crippen LogP contribution in [0.1, 0.15) is 16.7 Å². The third-order valence-corrected chi connectivity index (χ3v) is 6.70. The van der Waals surface area contributed by atoms with E-state index in [-0.39, 0.29) is 0 Å². The topological polar surface area (TPSA) is 40.6 Å². The Bertz CT molecular complexity index is 838. The monoisotopic (exact) mass is 344 g/mol. The van der Waals surface area contributed by atoms with E-state index in [0.29, 0.717) is 18.0 Å². The van der Waals surface area contributed by atoms with Gasteiger partial charge in [0, 0.05) is 31.9 Å². The summed E-state index contributed by atoms with van der Waals surface area (Å²) in [6, 6.07) is 13.6. The molecule has 5 heteroatoms. The van der Waals surface area contributed by atoms with Crippen LogP contribution in [-0.2, 0) is 10.0 Å². The van der Waals surface area contributed by atoms with Crippen molar-refractivity contribution >= 4 is 15.7 Å². The van der Waals surface area contributed by atoms with E-state index >= 15 is 0 Å². The second-order valence-corrected chi connectivity index (χ2v) is 8.35. The van der Waals surface area contributed by atoms with Gasteiger partial charge in [0.1, 0.15) is 0 Å². The average molecular weight is 344 g/mol. The van der Waals surface area contributed by atoms with Crippen LogP contribution in [0.2, 0.25) is 0 Å². The van der Waals surface area contributed by atoms with Gasteiger partial charge < -0.3 is 4.90 Å². The van der Waals surface area contributed by atoms with Gasteiger partial charge in [0.25, 0.3) is 0 Å². The van der Waals surface area contributed by atoms with E-state index in [4.69, 9.17) is 0 Å². The van der Waals surface area contributed by atoms with Gasteiger partial charge in [-0.3, -0.25) is 0 Å². The Labute approximate surface area is 144 Å². The minimum Gasteiger partial charge on any atom is -0.369 e. The highest BCUT2D eigenvalue weighted by Gasteiger charge is 2.29. The van der Waals surface area contributed by atoms with Crippen molar-refractivity contribution in [1.82, 2.24) is 4.31 Å². The number of hydrogen-bond acceptors (Lipinski definition) is 3. The first-order valence-electron chi connectivity index (χ1n) is 8.27. The molecule has 24 heavy (non-hydrogen) atoms. The lowest BCUT2D eigenvalue weighted by Crippen LogP contribution is -2.49. The number of hydrogen-bond donors (Lipinski definition) is 0. The molecule has 0 atom stereocenters. The van der Waals surface area contributed by atoms with Gasteiger partial charge in [-0.1, -0.05) is 35.9 Å². The molecule has 2 aromatic rings. The maximum Gasteiger partial charge on any atom is 0.243 e. The molecule has 0 unspecified atom stereocenters. The molecule has 1 saturated heterocycles. The van der Waals surface area contributed by atoms with Gasteiger partial charge in [0.15, 0.2) is 0 Å². The normalized spacial score (nSPS) is 16.4. The van der Waals surface area contributed by atoms with Crippen LogP contribution < -0.4 is 4.90 Å². The second-order valence-electron chi connectivity index (χ2n) is 6.45. The molecular formula is C19H24N2O2S. The standard InChI is InChI=1S/C19H24N2O2S/c1-15-8-9-18(17(3)14-15)20-10-12-21(13-11-20)24(22,23)19-7-5-4-6-16(19)2/h4-9,14H,10-13H2,1-3H3. The van der Waals surface area contributed by atoms with Crippen LogP contribution in [0.25, 0.3) is 0 Å². The SMILES string of the molecule is Cc1ccc(N2CCN(S(=O)(=O)c3ccccc3C)CC2)c(C)c1. The predicted molar refractivity (Wildman–Crippen MR) is 98.1 cm³/mol. The maximum absolute atomic E-state index is 12.9. The van der Waals surface area contributed by atoms with Gasteiger partial charge in [-0.05, 0) is 44.0 Å². The maximum atomic E-state index is 12.9. The molecule has 1 fully saturated rings. The second kappa shape index (κ2) is 6.57. The highest BCUT2D eigenvalue weighted by molar-refractivity contribution is 7.89. The zero-order valence-electron chi connectivity index (χ0n) is 14.5. The zero-order chi connectivity index (χ0) is 17.3. The van der Waals surface area contributed by atoms with E-state index in [1.807, 2.05) is 19.1 Å². The fourth-order valence-electron chi connectivity index (χ4n) is 3.31. The van der Waals surface area contributed by atoms with E-state index in [0.717, 1.165) is 18.7 Å². The molecule has 0 radical (unpaired) electrons. The molecule has 2 aromatic carbocycles. The number of sulfonamides is 1. The number of nitrogens with zero attached hydrogens (tertiary/aromatic N) is 2. The molecule has 0 amide bonds. The molecule has 0 saturated carbocycles. The Hall–Kier alpha value is -1.85. The Kier molecular flexibility index (Phi) is 4.65. The van der Waals surface area contributed by atoms with Gasteiger partial charge in [-0.25, -0.2) is 8.42 Å². The van der Waals surface area contributed by atoms with E-state index in [1.54, 1.807) is 16.4 Å². The van der Waals surface area contributed by atoms with Crippen LogP contribution >= 0.6 is 0 Å². The lowest BCUT2D eigenvalue weighted by atomic mass is 10.1. The molecule has 0 spiro atoms. The van der Waals surface area contributed by atoms with Gasteiger partial charge in [-0.15, -0.1) is 0 Å². The van der Waals surface area contributed by atoms with Crippen LogP contribution in [0.3, 0.4) is 0 Å². The Morgan fingerprint density at radius 1 is 0.833 bits per heavy atom. The van der Waals surface area contributed by atoms with Crippen molar-refractivity contribution in [2.24, 2.45) is 0 Å². The quantitative estimate of drug-likeness (QED) is 0.859. The Balaban J connectivity index is 1.76. The van der Waals surface area contributed by atoms with Crippen LogP contribution in [0, 0.1) is 20.8 Å². The summed E-state index contributed by atoms with van der Waals surface area (Å²) in [5.41, 5.74) is 4.49. The minimum atomic E-state index is -3.41. The summed E-state index contributed by atoms with van der Waals surface area (Å²) in [5.74, 6) is 0. The van der Waals surface area contributed by atoms with Crippen molar-refractivity contribution in [3.63, 3.8) is 0 Å². The number of rotatable bonds is 3. The molecule has 0 bridgehead atoms. The van der Waals surface area contributed by atoms with Crippen molar-refractivity contribution in [3.8, 4) is 0 Å². The van der Waals surface area contributed by atoms with Crippen molar-refractivity contribution in [3.05, 3.63) is 59.2 Å². The van der Waals surface area contributed by atoms with Gasteiger partial charge in [0.2, 0.25) is 10.0 Å². The number of benzene rings is 2. The molecule has 1 heterocycles. The molecule has 3 rings (SSSR count). The van der Waals surface area contributed by atoms with Crippen LogP contribution in [0.4, 0.5) is 5.69 Å². The molecule has 4 nitrogen and oxygen atoms in total. The molecule has 1 aliphatic rings. The molecule has 0 aromatic heterocycles. The third kappa shape index (κ3) is 3.19. The average Bonchev–Trinajstić information content (AvgIpc) is 2.55. The summed E-state index contributed by atoms with van der Waals surface area (Å²) in [7, 11) is -3.41. The van der Waals surface area contributed by atoms with Crippen molar-refractivity contribution in [2.75, 3.05) is 31.1 Å². The third-order valence-electron chi connectivity index (χ3n) is 4.64. The van der Waals surface area contributed by atoms with E-state index < -0.39 is 10.0 Å². The molecule has 0 aliphatic carbocycles. The lowest BCUT2D eigenvalue weighted by molar-refractivity contribution is 0.384. The van der Waals surface area contributed by atoms with Crippen LogP contribution in [-0.4, -0.2) is 38.9 Å². The van der Waals surface area contributed by atoms with Crippen LogP contribution in [0.5, 0.6) is 0 Å². The summed E-state index contributed by atoms with van der Waals surface area (Å²) in [5, 5.41) is 0. The largest absolute Gasteiger partial charge is 0.369 e. The number of piperazine rings is 1. The molecule has 0 N–H and O–H groups in total. The van der Waals surface area contributed by atoms with E-state index in [1.165, 1.54) is 16.8 Å². The summed E-state index contributed by atoms with van der Waals surface area (Å²) in [6.45, 7) is 8.51. The van der Waals surface area contributed by atoms with Gasteiger partial charge in [0.05, 0.1) is 4.90 Å². The van der Waals surface area contributed by atoms with Crippen molar-refractivity contribution in [1.29, 1.82) is 0 Å². The van der Waals surface area contributed by atoms with Crippen LogP contribution in [0.15, 0.2) is 47.4 Å². The minimum absolute atomic E-state index is 0.421. The highest BCUT2D eigenvalue weighted by Crippen LogP contribution is 2.25. The first-order valence-corrected chi connectivity index (χ1v) is 9.71. The van der Waals surface area contributed by atoms with E-state index in [2.05, 4.69) is 36.9 Å². The highest BCUT2D eigenvalue weighted by atomic mass is 32.2. The summed E-state index contributed by atoms with van der Waals surface area (Å²) in [4.78, 5) is 2.70. The van der Waals surface area contributed by atoms with Crippen molar-refractivity contribution in [2.45, 2.75) is 25.7 Å². The summed E-state index contributed by atoms with van der Waals surface area (Å²) < 4.78 is 27.3. The first-order chi connectivity index (χ1) is 11.4. The van der Waals surface area contributed by atoms with E-state index in [9.17, 15) is 8.42 Å². The molecular weight excluding hydrogens is 320 g/mol. The smallest absolute Gasteiger partial charge is 0.243 e. The fraction of sp³-hybridized carbons (Fsp3) is 0.368. The first kappa shape index (κ1) is 17.0. The molecule has 128 valence electrons. The van der Waals surface area contributed by atoms with Gasteiger partial charge in [-0.2, -0.15) is 4.31 Å².